The quantitative estimate of drug-likeness (QED) is 0.494. The molecule has 0 heterocycles. The molecule has 1 N–H and O–H groups in total. The van der Waals surface area contributed by atoms with Gasteiger partial charge in [0.05, 0.1) is 26.0 Å². The smallest absolute Gasteiger partial charge is 0.316 e. The van der Waals surface area contributed by atoms with E-state index in [1.165, 1.54) is 17.3 Å². The molecule has 29 heavy (non-hydrogen) atoms. The Kier molecular flexibility index (Phi) is 8.39. The molecule has 0 aliphatic rings. The summed E-state index contributed by atoms with van der Waals surface area (Å²) in [6.07, 6.45) is 0. The average Bonchev–Trinajstić information content (AvgIpc) is 2.71. The highest BCUT2D eigenvalue weighted by molar-refractivity contribution is 8.00. The van der Waals surface area contributed by atoms with Crippen LogP contribution >= 0.6 is 11.8 Å². The van der Waals surface area contributed by atoms with Gasteiger partial charge in [-0.15, -0.1) is 11.8 Å². The van der Waals surface area contributed by atoms with Crippen molar-refractivity contribution in [3.8, 4) is 11.5 Å². The fourth-order valence-electron chi connectivity index (χ4n) is 2.82. The third-order valence-electron chi connectivity index (χ3n) is 4.32. The van der Waals surface area contributed by atoms with Crippen molar-refractivity contribution in [2.75, 3.05) is 26.6 Å². The van der Waals surface area contributed by atoms with E-state index in [0.29, 0.717) is 11.5 Å². The molecule has 1 amide bonds. The minimum Gasteiger partial charge on any atom is -0.497 e. The van der Waals surface area contributed by atoms with Crippen molar-refractivity contribution in [2.45, 2.75) is 31.7 Å². The van der Waals surface area contributed by atoms with Crippen LogP contribution in [-0.2, 0) is 14.3 Å². The minimum atomic E-state index is -0.434. The Hall–Kier alpha value is -2.67. The highest BCUT2D eigenvalue weighted by atomic mass is 32.2. The van der Waals surface area contributed by atoms with E-state index in [9.17, 15) is 9.59 Å². The lowest BCUT2D eigenvalue weighted by Gasteiger charge is -2.18. The Morgan fingerprint density at radius 2 is 1.83 bits per heavy atom. The zero-order valence-corrected chi connectivity index (χ0v) is 18.2. The number of rotatable bonds is 9. The summed E-state index contributed by atoms with van der Waals surface area (Å²) in [7, 11) is 3.14. The maximum Gasteiger partial charge on any atom is 0.316 e. The first kappa shape index (κ1) is 22.6. The summed E-state index contributed by atoms with van der Waals surface area (Å²) in [6.45, 7) is 5.52. The van der Waals surface area contributed by atoms with E-state index in [4.69, 9.17) is 14.2 Å². The predicted octanol–water partition coefficient (Wildman–Crippen LogP) is 3.83. The van der Waals surface area contributed by atoms with Crippen LogP contribution in [0.25, 0.3) is 0 Å². The second-order valence-corrected chi connectivity index (χ2v) is 7.63. The Morgan fingerprint density at radius 3 is 2.48 bits per heavy atom. The number of carbonyl (C=O) groups excluding carboxylic acids is 2. The summed E-state index contributed by atoms with van der Waals surface area (Å²) < 4.78 is 15.7. The molecule has 2 aromatic rings. The second-order valence-electron chi connectivity index (χ2n) is 6.62. The predicted molar refractivity (Wildman–Crippen MR) is 114 cm³/mol. The molecule has 0 aromatic heterocycles. The second kappa shape index (κ2) is 10.8. The molecule has 0 radical (unpaired) electrons. The summed E-state index contributed by atoms with van der Waals surface area (Å²) in [5.41, 5.74) is 3.06. The third kappa shape index (κ3) is 6.71. The van der Waals surface area contributed by atoms with Gasteiger partial charge in [0.1, 0.15) is 11.5 Å². The van der Waals surface area contributed by atoms with E-state index >= 15 is 0 Å². The van der Waals surface area contributed by atoms with E-state index in [2.05, 4.69) is 11.4 Å². The van der Waals surface area contributed by atoms with E-state index in [-0.39, 0.29) is 24.3 Å². The first-order chi connectivity index (χ1) is 13.8. The summed E-state index contributed by atoms with van der Waals surface area (Å²) in [5, 5.41) is 2.81. The molecule has 156 valence electrons. The Morgan fingerprint density at radius 1 is 1.07 bits per heavy atom. The van der Waals surface area contributed by atoms with Crippen molar-refractivity contribution in [3.63, 3.8) is 0 Å². The number of benzene rings is 2. The molecule has 0 fully saturated rings. The van der Waals surface area contributed by atoms with Gasteiger partial charge in [-0.2, -0.15) is 0 Å². The highest BCUT2D eigenvalue weighted by Crippen LogP contribution is 2.29. The molecule has 0 bridgehead atoms. The van der Waals surface area contributed by atoms with Gasteiger partial charge in [0.15, 0.2) is 6.61 Å². The van der Waals surface area contributed by atoms with Crippen LogP contribution in [0.2, 0.25) is 0 Å². The normalized spacial score (nSPS) is 11.5. The number of thioether (sulfide) groups is 1. The molecule has 1 atom stereocenters. The maximum absolute atomic E-state index is 12.2. The van der Waals surface area contributed by atoms with Crippen molar-refractivity contribution in [1.82, 2.24) is 5.32 Å². The fourth-order valence-corrected chi connectivity index (χ4v) is 3.63. The van der Waals surface area contributed by atoms with Crippen LogP contribution < -0.4 is 14.8 Å². The summed E-state index contributed by atoms with van der Waals surface area (Å²) >= 11 is 1.40. The van der Waals surface area contributed by atoms with Gasteiger partial charge in [-0.3, -0.25) is 9.59 Å². The van der Waals surface area contributed by atoms with Crippen molar-refractivity contribution >= 4 is 23.6 Å². The molecule has 0 saturated carbocycles. The lowest BCUT2D eigenvalue weighted by atomic mass is 10.1. The number of carbonyl (C=O) groups is 2. The molecule has 0 unspecified atom stereocenters. The summed E-state index contributed by atoms with van der Waals surface area (Å²) in [5.74, 6) is 0.636. The number of methoxy groups -OCH3 is 2. The number of aryl methyl sites for hydroxylation is 2. The summed E-state index contributed by atoms with van der Waals surface area (Å²) in [6, 6.07) is 11.1. The number of esters is 1. The number of hydrogen-bond donors (Lipinski definition) is 1. The van der Waals surface area contributed by atoms with Gasteiger partial charge in [-0.1, -0.05) is 17.7 Å². The zero-order valence-electron chi connectivity index (χ0n) is 17.4. The first-order valence-electron chi connectivity index (χ1n) is 9.21. The van der Waals surface area contributed by atoms with Gasteiger partial charge in [0, 0.05) is 10.5 Å². The van der Waals surface area contributed by atoms with Gasteiger partial charge in [-0.25, -0.2) is 0 Å². The standard InChI is InChI=1S/C22H27NO5S/c1-14-6-9-20(15(2)10-14)29-13-22(25)28-12-21(24)23-16(3)18-11-17(26-4)7-8-19(18)27-5/h6-11,16H,12-13H2,1-5H3,(H,23,24)/t16-/m0/s1. The number of amides is 1. The fraction of sp³-hybridized carbons (Fsp3) is 0.364. The van der Waals surface area contributed by atoms with Crippen molar-refractivity contribution in [1.29, 1.82) is 0 Å². The topological polar surface area (TPSA) is 73.9 Å². The molecule has 0 saturated heterocycles. The molecule has 0 aliphatic heterocycles. The van der Waals surface area contributed by atoms with Crippen LogP contribution in [0.15, 0.2) is 41.3 Å². The van der Waals surface area contributed by atoms with Gasteiger partial charge in [0.2, 0.25) is 0 Å². The van der Waals surface area contributed by atoms with Crippen LogP contribution in [0.4, 0.5) is 0 Å². The first-order valence-corrected chi connectivity index (χ1v) is 10.2. The largest absolute Gasteiger partial charge is 0.497 e. The Balaban J connectivity index is 1.83. The SMILES string of the molecule is COc1ccc(OC)c([C@H](C)NC(=O)COC(=O)CSc2ccc(C)cc2C)c1. The van der Waals surface area contributed by atoms with E-state index < -0.39 is 5.97 Å². The molecule has 0 spiro atoms. The molecule has 2 rings (SSSR count). The number of nitrogens with one attached hydrogen (secondary N) is 1. The highest BCUT2D eigenvalue weighted by Gasteiger charge is 2.16. The van der Waals surface area contributed by atoms with E-state index in [1.54, 1.807) is 32.4 Å². The van der Waals surface area contributed by atoms with Gasteiger partial charge in [-0.05, 0) is 50.6 Å². The van der Waals surface area contributed by atoms with Crippen molar-refractivity contribution < 1.29 is 23.8 Å². The van der Waals surface area contributed by atoms with E-state index in [0.717, 1.165) is 16.0 Å². The molecule has 2 aromatic carbocycles. The third-order valence-corrected chi connectivity index (χ3v) is 5.47. The Bertz CT molecular complexity index is 868. The van der Waals surface area contributed by atoms with Gasteiger partial charge < -0.3 is 19.5 Å². The van der Waals surface area contributed by atoms with Crippen LogP contribution in [0.5, 0.6) is 11.5 Å². The van der Waals surface area contributed by atoms with Crippen LogP contribution in [0.3, 0.4) is 0 Å². The molecular formula is C22H27NO5S. The van der Waals surface area contributed by atoms with Crippen molar-refractivity contribution in [2.24, 2.45) is 0 Å². The monoisotopic (exact) mass is 417 g/mol. The lowest BCUT2D eigenvalue weighted by Crippen LogP contribution is -2.31. The van der Waals surface area contributed by atoms with Crippen LogP contribution in [0.1, 0.15) is 29.7 Å². The Labute approximate surface area is 175 Å². The van der Waals surface area contributed by atoms with Gasteiger partial charge in [0.25, 0.3) is 5.91 Å². The molecule has 0 aliphatic carbocycles. The van der Waals surface area contributed by atoms with E-state index in [1.807, 2.05) is 32.9 Å². The minimum absolute atomic E-state index is 0.149. The summed E-state index contributed by atoms with van der Waals surface area (Å²) in [4.78, 5) is 25.2. The number of ether oxygens (including phenoxy) is 3. The lowest BCUT2D eigenvalue weighted by molar-refractivity contribution is -0.146. The van der Waals surface area contributed by atoms with Crippen molar-refractivity contribution in [3.05, 3.63) is 53.1 Å². The van der Waals surface area contributed by atoms with Crippen LogP contribution in [0, 0.1) is 13.8 Å². The zero-order chi connectivity index (χ0) is 21.4. The molecule has 7 heteroatoms. The van der Waals surface area contributed by atoms with Crippen LogP contribution in [-0.4, -0.2) is 38.5 Å². The number of hydrogen-bond acceptors (Lipinski definition) is 6. The molecule has 6 nitrogen and oxygen atoms in total. The van der Waals surface area contributed by atoms with Gasteiger partial charge >= 0.3 is 5.97 Å². The average molecular weight is 418 g/mol. The molecular weight excluding hydrogens is 390 g/mol. The maximum atomic E-state index is 12.2.